The van der Waals surface area contributed by atoms with Gasteiger partial charge in [-0.1, -0.05) is 17.7 Å². The van der Waals surface area contributed by atoms with Crippen LogP contribution in [-0.2, 0) is 0 Å². The van der Waals surface area contributed by atoms with E-state index in [1.165, 1.54) is 16.7 Å². The zero-order valence-corrected chi connectivity index (χ0v) is 11.6. The number of ether oxygens (including phenoxy) is 1. The molecule has 0 heterocycles. The van der Waals surface area contributed by atoms with E-state index in [0.29, 0.717) is 6.61 Å². The number of nitrogens with two attached hydrogens (primary N) is 1. The van der Waals surface area contributed by atoms with Crippen LogP contribution >= 0.6 is 0 Å². The summed E-state index contributed by atoms with van der Waals surface area (Å²) < 4.78 is 5.83. The van der Waals surface area contributed by atoms with Crippen LogP contribution in [0, 0.1) is 20.8 Å². The van der Waals surface area contributed by atoms with E-state index >= 15 is 0 Å². The Morgan fingerprint density at radius 1 is 1.18 bits per heavy atom. The molecular formula is C14H24N2O. The van der Waals surface area contributed by atoms with Crippen LogP contribution in [0.1, 0.15) is 16.7 Å². The van der Waals surface area contributed by atoms with Crippen LogP contribution in [0.5, 0.6) is 5.75 Å². The van der Waals surface area contributed by atoms with E-state index in [1.54, 1.807) is 0 Å². The number of benzene rings is 1. The highest BCUT2D eigenvalue weighted by Crippen LogP contribution is 2.24. The van der Waals surface area contributed by atoms with Gasteiger partial charge in [0.05, 0.1) is 6.04 Å². The van der Waals surface area contributed by atoms with Gasteiger partial charge in [0.1, 0.15) is 12.4 Å². The smallest absolute Gasteiger partial charge is 0.125 e. The molecule has 1 aromatic carbocycles. The molecule has 0 aliphatic carbocycles. The van der Waals surface area contributed by atoms with Crippen molar-refractivity contribution in [3.05, 3.63) is 28.8 Å². The van der Waals surface area contributed by atoms with Gasteiger partial charge in [0, 0.05) is 6.54 Å². The standard InChI is InChI=1S/C14H24N2O/c1-10-6-11(2)14(12(3)7-10)17-9-13(15)8-16(4)5/h6-7,13H,8-9,15H2,1-5H3. The Balaban J connectivity index is 2.63. The first-order valence-corrected chi connectivity index (χ1v) is 6.01. The monoisotopic (exact) mass is 236 g/mol. The van der Waals surface area contributed by atoms with E-state index in [9.17, 15) is 0 Å². The number of rotatable bonds is 5. The predicted octanol–water partition coefficient (Wildman–Crippen LogP) is 1.88. The van der Waals surface area contributed by atoms with Crippen LogP contribution in [0.4, 0.5) is 0 Å². The van der Waals surface area contributed by atoms with Crippen molar-refractivity contribution in [2.75, 3.05) is 27.2 Å². The molecule has 1 rings (SSSR count). The highest BCUT2D eigenvalue weighted by atomic mass is 16.5. The summed E-state index contributed by atoms with van der Waals surface area (Å²) in [7, 11) is 4.03. The van der Waals surface area contributed by atoms with Gasteiger partial charge in [-0.3, -0.25) is 0 Å². The molecule has 0 bridgehead atoms. The van der Waals surface area contributed by atoms with Crippen LogP contribution in [0.3, 0.4) is 0 Å². The van der Waals surface area contributed by atoms with Crippen molar-refractivity contribution in [1.82, 2.24) is 4.90 Å². The highest BCUT2D eigenvalue weighted by molar-refractivity contribution is 5.42. The first-order chi connectivity index (χ1) is 7.90. The van der Waals surface area contributed by atoms with Gasteiger partial charge in [-0.2, -0.15) is 0 Å². The minimum absolute atomic E-state index is 0.0464. The Morgan fingerprint density at radius 3 is 2.18 bits per heavy atom. The molecule has 0 aliphatic heterocycles. The normalized spacial score (nSPS) is 12.9. The second-order valence-electron chi connectivity index (χ2n) is 5.06. The van der Waals surface area contributed by atoms with Gasteiger partial charge in [-0.05, 0) is 46.0 Å². The third-order valence-corrected chi connectivity index (χ3v) is 2.65. The van der Waals surface area contributed by atoms with Crippen LogP contribution in [0.15, 0.2) is 12.1 Å². The van der Waals surface area contributed by atoms with Crippen LogP contribution < -0.4 is 10.5 Å². The fourth-order valence-electron chi connectivity index (χ4n) is 2.11. The fourth-order valence-corrected chi connectivity index (χ4v) is 2.11. The predicted molar refractivity (Wildman–Crippen MR) is 72.7 cm³/mol. The lowest BCUT2D eigenvalue weighted by Gasteiger charge is -2.19. The van der Waals surface area contributed by atoms with Crippen molar-refractivity contribution >= 4 is 0 Å². The average molecular weight is 236 g/mol. The molecule has 0 aromatic heterocycles. The molecule has 1 unspecified atom stereocenters. The largest absolute Gasteiger partial charge is 0.491 e. The molecule has 1 atom stereocenters. The van der Waals surface area contributed by atoms with Crippen molar-refractivity contribution < 1.29 is 4.74 Å². The van der Waals surface area contributed by atoms with E-state index in [4.69, 9.17) is 10.5 Å². The summed E-state index contributed by atoms with van der Waals surface area (Å²) >= 11 is 0. The summed E-state index contributed by atoms with van der Waals surface area (Å²) in [5.74, 6) is 0.977. The average Bonchev–Trinajstić information content (AvgIpc) is 2.14. The maximum absolute atomic E-state index is 5.99. The summed E-state index contributed by atoms with van der Waals surface area (Å²) in [6.07, 6.45) is 0. The first-order valence-electron chi connectivity index (χ1n) is 6.01. The highest BCUT2D eigenvalue weighted by Gasteiger charge is 2.09. The van der Waals surface area contributed by atoms with Crippen molar-refractivity contribution in [2.45, 2.75) is 26.8 Å². The zero-order chi connectivity index (χ0) is 13.0. The van der Waals surface area contributed by atoms with Crippen molar-refractivity contribution in [3.8, 4) is 5.75 Å². The van der Waals surface area contributed by atoms with Gasteiger partial charge in [-0.15, -0.1) is 0 Å². The fraction of sp³-hybridized carbons (Fsp3) is 0.571. The summed E-state index contributed by atoms with van der Waals surface area (Å²) in [6, 6.07) is 4.32. The molecule has 3 heteroatoms. The Bertz CT molecular complexity index is 351. The maximum Gasteiger partial charge on any atom is 0.125 e. The van der Waals surface area contributed by atoms with Crippen molar-refractivity contribution in [2.24, 2.45) is 5.73 Å². The second-order valence-corrected chi connectivity index (χ2v) is 5.06. The topological polar surface area (TPSA) is 38.5 Å². The Kier molecular flexibility index (Phi) is 4.97. The summed E-state index contributed by atoms with van der Waals surface area (Å²) in [5, 5.41) is 0. The Hall–Kier alpha value is -1.06. The minimum atomic E-state index is 0.0464. The van der Waals surface area contributed by atoms with E-state index in [2.05, 4.69) is 37.8 Å². The molecule has 17 heavy (non-hydrogen) atoms. The molecule has 0 saturated carbocycles. The third kappa shape index (κ3) is 4.36. The van der Waals surface area contributed by atoms with Gasteiger partial charge < -0.3 is 15.4 Å². The Morgan fingerprint density at radius 2 is 1.71 bits per heavy atom. The second kappa shape index (κ2) is 6.03. The van der Waals surface area contributed by atoms with E-state index < -0.39 is 0 Å². The molecule has 0 fully saturated rings. The lowest BCUT2D eigenvalue weighted by molar-refractivity contribution is 0.252. The molecule has 0 radical (unpaired) electrons. The quantitative estimate of drug-likeness (QED) is 0.848. The van der Waals surface area contributed by atoms with E-state index in [1.807, 2.05) is 14.1 Å². The molecule has 0 spiro atoms. The van der Waals surface area contributed by atoms with E-state index in [-0.39, 0.29) is 6.04 Å². The van der Waals surface area contributed by atoms with Gasteiger partial charge in [0.15, 0.2) is 0 Å². The van der Waals surface area contributed by atoms with Crippen LogP contribution in [0.2, 0.25) is 0 Å². The number of aryl methyl sites for hydroxylation is 3. The number of hydrogen-bond donors (Lipinski definition) is 1. The molecular weight excluding hydrogens is 212 g/mol. The molecule has 0 amide bonds. The molecule has 3 nitrogen and oxygen atoms in total. The SMILES string of the molecule is Cc1cc(C)c(OCC(N)CN(C)C)c(C)c1. The van der Waals surface area contributed by atoms with Gasteiger partial charge in [-0.25, -0.2) is 0 Å². The van der Waals surface area contributed by atoms with Gasteiger partial charge in [0.2, 0.25) is 0 Å². The van der Waals surface area contributed by atoms with Crippen LogP contribution in [-0.4, -0.2) is 38.2 Å². The minimum Gasteiger partial charge on any atom is -0.491 e. The maximum atomic E-state index is 5.99. The van der Waals surface area contributed by atoms with Crippen molar-refractivity contribution in [1.29, 1.82) is 0 Å². The number of hydrogen-bond acceptors (Lipinski definition) is 3. The van der Waals surface area contributed by atoms with E-state index in [0.717, 1.165) is 12.3 Å². The van der Waals surface area contributed by atoms with Crippen LogP contribution in [0.25, 0.3) is 0 Å². The van der Waals surface area contributed by atoms with Crippen molar-refractivity contribution in [3.63, 3.8) is 0 Å². The molecule has 1 aromatic rings. The number of nitrogens with zero attached hydrogens (tertiary/aromatic N) is 1. The third-order valence-electron chi connectivity index (χ3n) is 2.65. The Labute approximate surface area is 105 Å². The number of likely N-dealkylation sites (N-methyl/N-ethyl adjacent to an activating group) is 1. The summed E-state index contributed by atoms with van der Waals surface area (Å²) in [6.45, 7) is 7.65. The van der Waals surface area contributed by atoms with Gasteiger partial charge in [0.25, 0.3) is 0 Å². The first kappa shape index (κ1) is 14.0. The zero-order valence-electron chi connectivity index (χ0n) is 11.6. The van der Waals surface area contributed by atoms with Gasteiger partial charge >= 0.3 is 0 Å². The lowest BCUT2D eigenvalue weighted by atomic mass is 10.1. The lowest BCUT2D eigenvalue weighted by Crippen LogP contribution is -2.38. The molecule has 0 saturated heterocycles. The molecule has 0 aliphatic rings. The molecule has 2 N–H and O–H groups in total. The molecule has 96 valence electrons. The summed E-state index contributed by atoms with van der Waals surface area (Å²) in [5.41, 5.74) is 9.61. The summed E-state index contributed by atoms with van der Waals surface area (Å²) in [4.78, 5) is 2.07.